The number of amides is 2. The Morgan fingerprint density at radius 2 is 1.53 bits per heavy atom. The van der Waals surface area contributed by atoms with Gasteiger partial charge in [-0.05, 0) is 54.4 Å². The number of imide groups is 1. The number of hydrogen-bond donors (Lipinski definition) is 0. The maximum absolute atomic E-state index is 13.5. The van der Waals surface area contributed by atoms with E-state index in [4.69, 9.17) is 16.4 Å². The van der Waals surface area contributed by atoms with Crippen LogP contribution in [0.4, 0.5) is 11.4 Å². The van der Waals surface area contributed by atoms with Gasteiger partial charge in [0.25, 0.3) is 5.91 Å². The Morgan fingerprint density at radius 3 is 2.23 bits per heavy atom. The highest BCUT2D eigenvalue weighted by molar-refractivity contribution is 6.30. The molecule has 0 saturated carbocycles. The van der Waals surface area contributed by atoms with Crippen LogP contribution >= 0.6 is 11.6 Å². The van der Waals surface area contributed by atoms with Crippen molar-refractivity contribution in [2.75, 3.05) is 9.96 Å². The Hall–Kier alpha value is -3.15. The van der Waals surface area contributed by atoms with E-state index in [2.05, 4.69) is 0 Å². The van der Waals surface area contributed by atoms with E-state index in [0.29, 0.717) is 10.7 Å². The lowest BCUT2D eigenvalue weighted by Crippen LogP contribution is -2.37. The van der Waals surface area contributed by atoms with Gasteiger partial charge in [-0.2, -0.15) is 0 Å². The first-order valence-corrected chi connectivity index (χ1v) is 10.1. The number of carbonyl (C=O) groups excluding carboxylic acids is 2. The average Bonchev–Trinajstić information content (AvgIpc) is 3.26. The normalized spacial score (nSPS) is 23.2. The number of hydroxylamine groups is 1. The third kappa shape index (κ3) is 2.98. The second-order valence-electron chi connectivity index (χ2n) is 7.56. The molecule has 0 unspecified atom stereocenters. The second-order valence-corrected chi connectivity index (χ2v) is 8.00. The number of hydrogen-bond acceptors (Lipinski definition) is 4. The summed E-state index contributed by atoms with van der Waals surface area (Å²) in [6.45, 7) is 1.93. The number of benzene rings is 3. The number of carbonyl (C=O) groups is 2. The molecule has 2 fully saturated rings. The molecular weight excluding hydrogens is 400 g/mol. The molecule has 6 heteroatoms. The molecule has 0 bridgehead atoms. The fourth-order valence-electron chi connectivity index (χ4n) is 4.23. The topological polar surface area (TPSA) is 49.9 Å². The molecule has 5 nitrogen and oxygen atoms in total. The van der Waals surface area contributed by atoms with Gasteiger partial charge in [0.2, 0.25) is 5.91 Å². The number of fused-ring (bicyclic) bond motifs is 1. The SMILES string of the molecule is Cc1cccc(N2C(=O)[C@H]3[C@H](ON(c4ccccc4)[C@H]3c3ccc(Cl)cc3)C2=O)c1. The van der Waals surface area contributed by atoms with Crippen molar-refractivity contribution in [1.29, 1.82) is 0 Å². The molecule has 0 spiro atoms. The first-order chi connectivity index (χ1) is 14.5. The average molecular weight is 419 g/mol. The predicted molar refractivity (Wildman–Crippen MR) is 115 cm³/mol. The Kier molecular flexibility index (Phi) is 4.57. The van der Waals surface area contributed by atoms with Gasteiger partial charge in [0.15, 0.2) is 6.10 Å². The van der Waals surface area contributed by atoms with Crippen molar-refractivity contribution in [3.8, 4) is 0 Å². The molecule has 0 radical (unpaired) electrons. The summed E-state index contributed by atoms with van der Waals surface area (Å²) in [5, 5.41) is 2.29. The summed E-state index contributed by atoms with van der Waals surface area (Å²) in [5.41, 5.74) is 3.20. The van der Waals surface area contributed by atoms with Crippen LogP contribution in [0.2, 0.25) is 5.02 Å². The molecule has 3 aromatic carbocycles. The Labute approximate surface area is 179 Å². The molecule has 2 amide bonds. The van der Waals surface area contributed by atoms with E-state index in [-0.39, 0.29) is 11.8 Å². The van der Waals surface area contributed by atoms with Gasteiger partial charge in [0.1, 0.15) is 5.92 Å². The minimum atomic E-state index is -0.876. The van der Waals surface area contributed by atoms with Crippen LogP contribution < -0.4 is 9.96 Å². The molecular formula is C24H19ClN2O3. The number of aryl methyl sites for hydroxylation is 1. The molecule has 150 valence electrons. The van der Waals surface area contributed by atoms with Crippen molar-refractivity contribution in [2.24, 2.45) is 5.92 Å². The van der Waals surface area contributed by atoms with Crippen molar-refractivity contribution in [3.63, 3.8) is 0 Å². The molecule has 2 saturated heterocycles. The lowest BCUT2D eigenvalue weighted by atomic mass is 9.90. The highest BCUT2D eigenvalue weighted by Crippen LogP contribution is 2.47. The van der Waals surface area contributed by atoms with Crippen molar-refractivity contribution in [2.45, 2.75) is 19.1 Å². The van der Waals surface area contributed by atoms with Crippen molar-refractivity contribution in [3.05, 3.63) is 95.0 Å². The monoisotopic (exact) mass is 418 g/mol. The van der Waals surface area contributed by atoms with Crippen LogP contribution in [0.25, 0.3) is 0 Å². The van der Waals surface area contributed by atoms with Gasteiger partial charge in [0.05, 0.1) is 17.4 Å². The highest BCUT2D eigenvalue weighted by atomic mass is 35.5. The summed E-state index contributed by atoms with van der Waals surface area (Å²) in [7, 11) is 0. The molecule has 30 heavy (non-hydrogen) atoms. The third-order valence-electron chi connectivity index (χ3n) is 5.60. The van der Waals surface area contributed by atoms with Gasteiger partial charge < -0.3 is 0 Å². The molecule has 5 rings (SSSR count). The fraction of sp³-hybridized carbons (Fsp3) is 0.167. The molecule has 0 aromatic heterocycles. The van der Waals surface area contributed by atoms with E-state index in [1.165, 1.54) is 4.90 Å². The first-order valence-electron chi connectivity index (χ1n) is 9.75. The number of nitrogens with zero attached hydrogens (tertiary/aromatic N) is 2. The van der Waals surface area contributed by atoms with Crippen molar-refractivity contribution in [1.82, 2.24) is 0 Å². The van der Waals surface area contributed by atoms with Gasteiger partial charge >= 0.3 is 0 Å². The molecule has 0 aliphatic carbocycles. The largest absolute Gasteiger partial charge is 0.273 e. The zero-order valence-corrected chi connectivity index (χ0v) is 17.0. The first kappa shape index (κ1) is 18.9. The second kappa shape index (κ2) is 7.27. The van der Waals surface area contributed by atoms with Gasteiger partial charge in [-0.25, -0.2) is 9.96 Å². The zero-order chi connectivity index (χ0) is 20.8. The Balaban J connectivity index is 1.59. The van der Waals surface area contributed by atoms with E-state index < -0.39 is 18.1 Å². The molecule has 2 aliphatic heterocycles. The maximum Gasteiger partial charge on any atom is 0.266 e. The number of para-hydroxylation sites is 1. The Bertz CT molecular complexity index is 1120. The summed E-state index contributed by atoms with van der Waals surface area (Å²) >= 11 is 6.08. The van der Waals surface area contributed by atoms with Crippen molar-refractivity contribution >= 4 is 34.8 Å². The summed E-state index contributed by atoms with van der Waals surface area (Å²) in [6.07, 6.45) is -0.876. The predicted octanol–water partition coefficient (Wildman–Crippen LogP) is 4.70. The summed E-state index contributed by atoms with van der Waals surface area (Å²) in [6, 6.07) is 23.8. The zero-order valence-electron chi connectivity index (χ0n) is 16.2. The summed E-state index contributed by atoms with van der Waals surface area (Å²) in [5.74, 6) is -1.25. The van der Waals surface area contributed by atoms with E-state index in [0.717, 1.165) is 16.8 Å². The van der Waals surface area contributed by atoms with Crippen LogP contribution in [-0.4, -0.2) is 17.9 Å². The summed E-state index contributed by atoms with van der Waals surface area (Å²) in [4.78, 5) is 34.1. The van der Waals surface area contributed by atoms with Crippen LogP contribution in [0.15, 0.2) is 78.9 Å². The van der Waals surface area contributed by atoms with Crippen LogP contribution in [-0.2, 0) is 14.4 Å². The lowest BCUT2D eigenvalue weighted by Gasteiger charge is -2.28. The number of anilines is 2. The summed E-state index contributed by atoms with van der Waals surface area (Å²) < 4.78 is 0. The van der Waals surface area contributed by atoms with Gasteiger partial charge in [-0.1, -0.05) is 54.1 Å². The standard InChI is InChI=1S/C24H19ClN2O3/c1-15-6-5-9-19(14-15)26-23(28)20-21(16-10-12-17(25)13-11-16)27(30-22(20)24(26)29)18-7-3-2-4-8-18/h2-14,20-22H,1H3/t20-,21+,22+/m1/s1. The van der Waals surface area contributed by atoms with Gasteiger partial charge in [-0.15, -0.1) is 0 Å². The van der Waals surface area contributed by atoms with Gasteiger partial charge in [-0.3, -0.25) is 14.4 Å². The molecule has 3 atom stereocenters. The molecule has 2 aliphatic rings. The minimum absolute atomic E-state index is 0.256. The number of halogens is 1. The van der Waals surface area contributed by atoms with Crippen LogP contribution in [0, 0.1) is 12.8 Å². The van der Waals surface area contributed by atoms with Crippen LogP contribution in [0.3, 0.4) is 0 Å². The fourth-order valence-corrected chi connectivity index (χ4v) is 4.36. The Morgan fingerprint density at radius 1 is 0.833 bits per heavy atom. The van der Waals surface area contributed by atoms with E-state index in [9.17, 15) is 9.59 Å². The molecule has 0 N–H and O–H groups in total. The van der Waals surface area contributed by atoms with Crippen molar-refractivity contribution < 1.29 is 14.4 Å². The minimum Gasteiger partial charge on any atom is -0.273 e. The van der Waals surface area contributed by atoms with Gasteiger partial charge in [0, 0.05) is 5.02 Å². The smallest absolute Gasteiger partial charge is 0.266 e. The quantitative estimate of drug-likeness (QED) is 0.578. The molecule has 2 heterocycles. The highest BCUT2D eigenvalue weighted by Gasteiger charge is 2.60. The van der Waals surface area contributed by atoms with E-state index in [1.54, 1.807) is 23.3 Å². The van der Waals surface area contributed by atoms with E-state index >= 15 is 0 Å². The third-order valence-corrected chi connectivity index (χ3v) is 5.85. The lowest BCUT2D eigenvalue weighted by molar-refractivity contribution is -0.126. The number of rotatable bonds is 3. The van der Waals surface area contributed by atoms with Crippen LogP contribution in [0.1, 0.15) is 17.2 Å². The molecule has 3 aromatic rings. The van der Waals surface area contributed by atoms with Crippen LogP contribution in [0.5, 0.6) is 0 Å². The maximum atomic E-state index is 13.5. The van der Waals surface area contributed by atoms with E-state index in [1.807, 2.05) is 67.6 Å².